The molecule has 0 fully saturated rings. The van der Waals surface area contributed by atoms with Crippen molar-refractivity contribution in [1.29, 1.82) is 0 Å². The summed E-state index contributed by atoms with van der Waals surface area (Å²) in [6, 6.07) is 18.6. The van der Waals surface area contributed by atoms with E-state index in [-0.39, 0.29) is 11.8 Å². The number of anilines is 2. The van der Waals surface area contributed by atoms with Gasteiger partial charge in [-0.25, -0.2) is 0 Å². The fraction of sp³-hybridized carbons (Fsp3) is 0.471. The topological polar surface area (TPSA) is 81.1 Å². The Morgan fingerprint density at radius 1 is 0.674 bits per heavy atom. The van der Waals surface area contributed by atoms with E-state index in [1.807, 2.05) is 60.7 Å². The third kappa shape index (κ3) is 8.28. The number of hydrogen-bond donors (Lipinski definition) is 2. The van der Waals surface area contributed by atoms with Gasteiger partial charge in [-0.05, 0) is 71.5 Å². The SMILES string of the molecule is CCCCCCC1=C(Br)C(=O)N(c2ccccc2)C1(O)CBr.CCCCCCC1=CC(=O)N(c2ccccc2)C1(O)CBr. The summed E-state index contributed by atoms with van der Waals surface area (Å²) in [5.74, 6) is -0.327. The molecule has 0 aliphatic carbocycles. The molecule has 234 valence electrons. The summed E-state index contributed by atoms with van der Waals surface area (Å²) < 4.78 is 0.495. The molecule has 43 heavy (non-hydrogen) atoms. The van der Waals surface area contributed by atoms with Crippen LogP contribution in [0.1, 0.15) is 78.1 Å². The Morgan fingerprint density at radius 2 is 1.16 bits per heavy atom. The fourth-order valence-electron chi connectivity index (χ4n) is 5.53. The number of para-hydroxylation sites is 2. The van der Waals surface area contributed by atoms with E-state index in [4.69, 9.17) is 0 Å². The number of carbonyl (C=O) groups excluding carboxylic acids is 2. The van der Waals surface area contributed by atoms with Gasteiger partial charge in [-0.15, -0.1) is 0 Å². The van der Waals surface area contributed by atoms with Crippen LogP contribution in [0.15, 0.2) is 82.4 Å². The van der Waals surface area contributed by atoms with Crippen molar-refractivity contribution in [3.8, 4) is 0 Å². The average Bonchev–Trinajstić information content (AvgIpc) is 3.39. The van der Waals surface area contributed by atoms with E-state index in [2.05, 4.69) is 61.6 Å². The van der Waals surface area contributed by atoms with Gasteiger partial charge in [0.15, 0.2) is 11.4 Å². The molecule has 2 amide bonds. The second-order valence-corrected chi connectivity index (χ2v) is 12.9. The highest BCUT2D eigenvalue weighted by Crippen LogP contribution is 2.43. The van der Waals surface area contributed by atoms with Gasteiger partial charge in [0, 0.05) is 23.0 Å². The molecule has 2 aromatic carbocycles. The molecule has 2 heterocycles. The summed E-state index contributed by atoms with van der Waals surface area (Å²) in [6.45, 7) is 4.34. The van der Waals surface area contributed by atoms with Crippen molar-refractivity contribution in [3.63, 3.8) is 0 Å². The minimum atomic E-state index is -1.30. The van der Waals surface area contributed by atoms with Crippen LogP contribution in [0.5, 0.6) is 0 Å². The third-order valence-electron chi connectivity index (χ3n) is 7.89. The van der Waals surface area contributed by atoms with Crippen LogP contribution in [-0.2, 0) is 9.59 Å². The number of benzene rings is 2. The molecule has 2 aromatic rings. The Kier molecular flexibility index (Phi) is 14.2. The molecule has 2 unspecified atom stereocenters. The number of aliphatic hydroxyl groups is 2. The highest BCUT2D eigenvalue weighted by atomic mass is 79.9. The van der Waals surface area contributed by atoms with Crippen molar-refractivity contribution in [2.24, 2.45) is 0 Å². The van der Waals surface area contributed by atoms with Crippen LogP contribution in [-0.4, -0.2) is 44.1 Å². The predicted octanol–water partition coefficient (Wildman–Crippen LogP) is 8.75. The molecule has 6 nitrogen and oxygen atoms in total. The smallest absolute Gasteiger partial charge is 0.268 e. The second kappa shape index (κ2) is 17.1. The van der Waals surface area contributed by atoms with Gasteiger partial charge in [0.05, 0.1) is 15.1 Å². The largest absolute Gasteiger partial charge is 0.366 e. The van der Waals surface area contributed by atoms with Gasteiger partial charge in [0.2, 0.25) is 0 Å². The monoisotopic (exact) mass is 780 g/mol. The number of unbranched alkanes of at least 4 members (excludes halogenated alkanes) is 6. The molecule has 0 spiro atoms. The molecule has 2 aliphatic heterocycles. The molecule has 0 aromatic heterocycles. The molecule has 0 saturated heterocycles. The first-order valence-electron chi connectivity index (χ1n) is 15.1. The van der Waals surface area contributed by atoms with E-state index in [9.17, 15) is 19.8 Å². The number of rotatable bonds is 14. The number of nitrogens with zero attached hydrogens (tertiary/aromatic N) is 2. The van der Waals surface area contributed by atoms with Crippen molar-refractivity contribution in [2.45, 2.75) is 89.5 Å². The Bertz CT molecular complexity index is 1270. The van der Waals surface area contributed by atoms with Crippen LogP contribution in [0.2, 0.25) is 0 Å². The summed E-state index contributed by atoms with van der Waals surface area (Å²) in [4.78, 5) is 27.9. The first-order chi connectivity index (χ1) is 20.7. The number of carbonyl (C=O) groups is 2. The maximum Gasteiger partial charge on any atom is 0.268 e. The van der Waals surface area contributed by atoms with E-state index in [1.165, 1.54) is 29.1 Å². The van der Waals surface area contributed by atoms with Crippen molar-refractivity contribution < 1.29 is 19.8 Å². The molecule has 0 radical (unpaired) electrons. The number of alkyl halides is 2. The van der Waals surface area contributed by atoms with Crippen LogP contribution >= 0.6 is 47.8 Å². The normalized spacial score (nSPS) is 21.8. The van der Waals surface area contributed by atoms with Crippen molar-refractivity contribution in [1.82, 2.24) is 0 Å². The average molecular weight is 783 g/mol. The summed E-state index contributed by atoms with van der Waals surface area (Å²) in [5.41, 5.74) is 0.464. The Morgan fingerprint density at radius 3 is 1.65 bits per heavy atom. The highest BCUT2D eigenvalue weighted by Gasteiger charge is 2.49. The van der Waals surface area contributed by atoms with Crippen LogP contribution in [0, 0.1) is 0 Å². The van der Waals surface area contributed by atoms with Gasteiger partial charge in [-0.2, -0.15) is 0 Å². The van der Waals surface area contributed by atoms with Gasteiger partial charge in [0.1, 0.15) is 0 Å². The molecular weight excluding hydrogens is 740 g/mol. The Hall–Kier alpha value is -1.78. The first-order valence-corrected chi connectivity index (χ1v) is 18.2. The maximum atomic E-state index is 12.6. The number of hydrogen-bond acceptors (Lipinski definition) is 4. The fourth-order valence-corrected chi connectivity index (χ4v) is 7.42. The Balaban J connectivity index is 0.000000236. The summed E-state index contributed by atoms with van der Waals surface area (Å²) >= 11 is 10.2. The zero-order valence-corrected chi connectivity index (χ0v) is 29.8. The van der Waals surface area contributed by atoms with E-state index < -0.39 is 11.4 Å². The molecule has 0 bridgehead atoms. The summed E-state index contributed by atoms with van der Waals surface area (Å²) in [7, 11) is 0. The van der Waals surface area contributed by atoms with Crippen LogP contribution < -0.4 is 9.80 Å². The lowest BCUT2D eigenvalue weighted by atomic mass is 9.99. The molecule has 9 heteroatoms. The summed E-state index contributed by atoms with van der Waals surface area (Å²) in [5, 5.41) is 22.7. The van der Waals surface area contributed by atoms with Gasteiger partial charge in [-0.3, -0.25) is 19.4 Å². The van der Waals surface area contributed by atoms with Gasteiger partial charge in [-0.1, -0.05) is 121 Å². The quantitative estimate of drug-likeness (QED) is 0.148. The molecule has 0 saturated carbocycles. The lowest BCUT2D eigenvalue weighted by molar-refractivity contribution is -0.116. The molecule has 2 N–H and O–H groups in total. The predicted molar refractivity (Wildman–Crippen MR) is 187 cm³/mol. The lowest BCUT2D eigenvalue weighted by Gasteiger charge is -2.35. The van der Waals surface area contributed by atoms with Crippen molar-refractivity contribution in [3.05, 3.63) is 82.4 Å². The van der Waals surface area contributed by atoms with Crippen LogP contribution in [0.4, 0.5) is 11.4 Å². The van der Waals surface area contributed by atoms with Crippen LogP contribution in [0.3, 0.4) is 0 Å². The van der Waals surface area contributed by atoms with E-state index in [0.29, 0.717) is 20.8 Å². The minimum Gasteiger partial charge on any atom is -0.366 e. The second-order valence-electron chi connectivity index (χ2n) is 11.0. The minimum absolute atomic E-state index is 0.145. The van der Waals surface area contributed by atoms with Gasteiger partial charge >= 0.3 is 0 Å². The van der Waals surface area contributed by atoms with Gasteiger partial charge in [0.25, 0.3) is 11.8 Å². The zero-order chi connectivity index (χ0) is 31.5. The van der Waals surface area contributed by atoms with Crippen molar-refractivity contribution >= 4 is 71.0 Å². The Labute approximate surface area is 281 Å². The van der Waals surface area contributed by atoms with Crippen molar-refractivity contribution in [2.75, 3.05) is 20.5 Å². The molecule has 2 atom stereocenters. The van der Waals surface area contributed by atoms with Crippen LogP contribution in [0.25, 0.3) is 0 Å². The molecule has 2 aliphatic rings. The molecular formula is C34H43Br3N2O4. The first kappa shape index (κ1) is 35.7. The highest BCUT2D eigenvalue weighted by molar-refractivity contribution is 9.12. The van der Waals surface area contributed by atoms with E-state index >= 15 is 0 Å². The number of amides is 2. The summed E-state index contributed by atoms with van der Waals surface area (Å²) in [6.07, 6.45) is 12.0. The molecule has 4 rings (SSSR count). The maximum absolute atomic E-state index is 12.6. The standard InChI is InChI=1S/C17H21Br2NO2.C17H22BrNO2/c1-2-3-4-8-11-14-15(19)16(21)20(17(14,22)12-18)13-9-6-5-7-10-13;1-2-3-4-6-9-14-12-16(20)19(17(14,21)13-18)15-10-7-5-8-11-15/h5-7,9-10,22H,2-4,8,11-12H2,1H3;5,7-8,10-12,21H,2-4,6,9,13H2,1H3. The van der Waals surface area contributed by atoms with Gasteiger partial charge < -0.3 is 10.2 Å². The lowest BCUT2D eigenvalue weighted by Crippen LogP contribution is -2.50. The number of halogens is 3. The van der Waals surface area contributed by atoms with E-state index in [0.717, 1.165) is 61.8 Å². The zero-order valence-electron chi connectivity index (χ0n) is 25.1. The third-order valence-corrected chi connectivity index (χ3v) is 10.3. The van der Waals surface area contributed by atoms with E-state index in [1.54, 1.807) is 6.08 Å².